The molecule has 1 saturated heterocycles. The third kappa shape index (κ3) is 4.70. The molecule has 0 aromatic heterocycles. The van der Waals surface area contributed by atoms with E-state index < -0.39 is 23.5 Å². The lowest BCUT2D eigenvalue weighted by atomic mass is 9.95. The van der Waals surface area contributed by atoms with Crippen molar-refractivity contribution in [1.29, 1.82) is 0 Å². The fourth-order valence-corrected chi connectivity index (χ4v) is 3.82. The van der Waals surface area contributed by atoms with Gasteiger partial charge < -0.3 is 24.6 Å². The van der Waals surface area contributed by atoms with Gasteiger partial charge in [0.2, 0.25) is 0 Å². The van der Waals surface area contributed by atoms with Crippen molar-refractivity contribution in [1.82, 2.24) is 4.90 Å². The van der Waals surface area contributed by atoms with Crippen LogP contribution in [0.3, 0.4) is 0 Å². The number of hydrogen-bond acceptors (Lipinski definition) is 6. The van der Waals surface area contributed by atoms with Crippen molar-refractivity contribution in [3.63, 3.8) is 0 Å². The molecule has 2 N–H and O–H groups in total. The van der Waals surface area contributed by atoms with E-state index in [2.05, 4.69) is 0 Å². The van der Waals surface area contributed by atoms with Gasteiger partial charge >= 0.3 is 0 Å². The molecule has 1 heterocycles. The number of benzene rings is 2. The number of likely N-dealkylation sites (tertiary alicyclic amines) is 1. The van der Waals surface area contributed by atoms with E-state index in [1.165, 1.54) is 42.3 Å². The van der Waals surface area contributed by atoms with Gasteiger partial charge in [0.1, 0.15) is 5.76 Å². The summed E-state index contributed by atoms with van der Waals surface area (Å²) in [5.74, 6) is -1.95. The first-order valence-electron chi connectivity index (χ1n) is 9.88. The Hall–Kier alpha value is -2.74. The quantitative estimate of drug-likeness (QED) is 0.343. The first kappa shape index (κ1) is 23.9. The number of carbonyl (C=O) groups is 2. The van der Waals surface area contributed by atoms with Crippen LogP contribution in [0.4, 0.5) is 0 Å². The number of phenols is 1. The maximum atomic E-state index is 13.0. The molecule has 0 saturated carbocycles. The zero-order valence-electron chi connectivity index (χ0n) is 17.8. The summed E-state index contributed by atoms with van der Waals surface area (Å²) in [5, 5.41) is 21.8. The lowest BCUT2D eigenvalue weighted by molar-refractivity contribution is -0.140. The molecule has 2 aromatic rings. The number of aliphatic hydroxyl groups excluding tert-OH is 1. The molecule has 7 nitrogen and oxygen atoms in total. The molecule has 3 rings (SSSR count). The van der Waals surface area contributed by atoms with Crippen LogP contribution < -0.4 is 4.74 Å². The van der Waals surface area contributed by atoms with E-state index in [1.807, 2.05) is 13.8 Å². The zero-order valence-corrected chi connectivity index (χ0v) is 19.3. The summed E-state index contributed by atoms with van der Waals surface area (Å²) in [5.41, 5.74) is 0.537. The van der Waals surface area contributed by atoms with E-state index in [0.29, 0.717) is 5.56 Å². The van der Waals surface area contributed by atoms with Crippen molar-refractivity contribution in [3.05, 3.63) is 63.1 Å². The third-order valence-electron chi connectivity index (χ3n) is 5.04. The lowest BCUT2D eigenvalue weighted by Crippen LogP contribution is -2.33. The molecule has 1 aliphatic rings. The van der Waals surface area contributed by atoms with E-state index in [4.69, 9.17) is 32.7 Å². The Morgan fingerprint density at radius 2 is 1.84 bits per heavy atom. The highest BCUT2D eigenvalue weighted by molar-refractivity contribution is 6.46. The van der Waals surface area contributed by atoms with Gasteiger partial charge in [0, 0.05) is 12.1 Å². The number of amides is 1. The van der Waals surface area contributed by atoms with Crippen LogP contribution >= 0.6 is 23.2 Å². The van der Waals surface area contributed by atoms with E-state index in [0.717, 1.165) is 0 Å². The smallest absolute Gasteiger partial charge is 0.295 e. The van der Waals surface area contributed by atoms with E-state index in [9.17, 15) is 19.8 Å². The molecular weight excluding hydrogens is 457 g/mol. The van der Waals surface area contributed by atoms with E-state index in [1.54, 1.807) is 6.07 Å². The number of carbonyl (C=O) groups excluding carboxylic acids is 2. The number of methoxy groups -OCH3 is 1. The number of phenolic OH excluding ortho intramolecular Hbond substituents is 1. The van der Waals surface area contributed by atoms with E-state index >= 15 is 0 Å². The van der Waals surface area contributed by atoms with Crippen molar-refractivity contribution in [2.24, 2.45) is 0 Å². The highest BCUT2D eigenvalue weighted by atomic mass is 35.5. The van der Waals surface area contributed by atoms with E-state index in [-0.39, 0.29) is 51.9 Å². The molecular formula is C23H23Cl2NO6. The molecule has 1 amide bonds. The van der Waals surface area contributed by atoms with Gasteiger partial charge in [0.05, 0.1) is 41.5 Å². The Labute approximate surface area is 195 Å². The molecule has 2 aromatic carbocycles. The number of ether oxygens (including phenoxy) is 2. The van der Waals surface area contributed by atoms with Crippen LogP contribution in [0.5, 0.6) is 11.5 Å². The number of rotatable bonds is 7. The number of ketones is 1. The average molecular weight is 480 g/mol. The largest absolute Gasteiger partial charge is 0.507 e. The molecule has 1 aliphatic heterocycles. The summed E-state index contributed by atoms with van der Waals surface area (Å²) < 4.78 is 10.6. The standard InChI is InChI=1S/C23H23Cl2NO6/c1-12(2)32-9-8-26-20(13-5-7-18(31-3)17(27)11-13)19(22(29)23(26)30)21(28)14-4-6-15(24)16(25)10-14/h4-7,10-12,20,27-28H,8-9H2,1-3H3/b21-19-. The number of halogens is 2. The summed E-state index contributed by atoms with van der Waals surface area (Å²) in [6, 6.07) is 7.99. The van der Waals surface area contributed by atoms with Crippen molar-refractivity contribution < 1.29 is 29.3 Å². The number of Topliss-reactive ketones (excluding diaryl/α,β-unsaturated/α-hetero) is 1. The predicted octanol–water partition coefficient (Wildman–Crippen LogP) is 4.55. The second-order valence-corrected chi connectivity index (χ2v) is 8.29. The lowest BCUT2D eigenvalue weighted by Gasteiger charge is -2.26. The summed E-state index contributed by atoms with van der Waals surface area (Å²) in [7, 11) is 1.41. The summed E-state index contributed by atoms with van der Waals surface area (Å²) in [6.45, 7) is 4.02. The van der Waals surface area contributed by atoms with Crippen molar-refractivity contribution in [2.45, 2.75) is 26.0 Å². The van der Waals surface area contributed by atoms with Gasteiger partial charge in [0.15, 0.2) is 11.5 Å². The third-order valence-corrected chi connectivity index (χ3v) is 5.77. The first-order chi connectivity index (χ1) is 15.1. The molecule has 0 spiro atoms. The van der Waals surface area contributed by atoms with Crippen molar-refractivity contribution in [2.75, 3.05) is 20.3 Å². The van der Waals surface area contributed by atoms with Crippen molar-refractivity contribution >= 4 is 40.7 Å². The molecule has 1 fully saturated rings. The molecule has 0 bridgehead atoms. The second kappa shape index (κ2) is 9.81. The van der Waals surface area contributed by atoms with Gasteiger partial charge in [-0.1, -0.05) is 29.3 Å². The first-order valence-corrected chi connectivity index (χ1v) is 10.6. The minimum atomic E-state index is -0.947. The summed E-state index contributed by atoms with van der Waals surface area (Å²) >= 11 is 12.0. The van der Waals surface area contributed by atoms with Crippen LogP contribution in [-0.2, 0) is 14.3 Å². The van der Waals surface area contributed by atoms with Gasteiger partial charge in [-0.2, -0.15) is 0 Å². The Morgan fingerprint density at radius 1 is 1.12 bits per heavy atom. The maximum Gasteiger partial charge on any atom is 0.295 e. The Balaban J connectivity index is 2.14. The van der Waals surface area contributed by atoms with Crippen LogP contribution in [0, 0.1) is 0 Å². The number of hydrogen-bond donors (Lipinski definition) is 2. The highest BCUT2D eigenvalue weighted by Gasteiger charge is 2.46. The van der Waals surface area contributed by atoms with Crippen LogP contribution in [-0.4, -0.2) is 53.2 Å². The fraction of sp³-hybridized carbons (Fsp3) is 0.304. The normalized spacial score (nSPS) is 17.9. The van der Waals surface area contributed by atoms with Gasteiger partial charge in [-0.25, -0.2) is 0 Å². The zero-order chi connectivity index (χ0) is 23.6. The maximum absolute atomic E-state index is 13.0. The minimum absolute atomic E-state index is 0.0634. The number of aliphatic hydroxyl groups is 1. The molecule has 1 unspecified atom stereocenters. The molecule has 9 heteroatoms. The Bertz CT molecular complexity index is 1080. The minimum Gasteiger partial charge on any atom is -0.507 e. The fourth-order valence-electron chi connectivity index (χ4n) is 3.52. The SMILES string of the molecule is COc1ccc(C2/C(=C(/O)c3ccc(Cl)c(Cl)c3)C(=O)C(=O)N2CCOC(C)C)cc1O. The van der Waals surface area contributed by atoms with Gasteiger partial charge in [-0.05, 0) is 49.7 Å². The highest BCUT2D eigenvalue weighted by Crippen LogP contribution is 2.42. The number of aromatic hydroxyl groups is 1. The number of nitrogens with zero attached hydrogens (tertiary/aromatic N) is 1. The van der Waals surface area contributed by atoms with Gasteiger partial charge in [-0.15, -0.1) is 0 Å². The molecule has 1 atom stereocenters. The van der Waals surface area contributed by atoms with Crippen LogP contribution in [0.2, 0.25) is 10.0 Å². The van der Waals surface area contributed by atoms with Crippen LogP contribution in [0.15, 0.2) is 42.0 Å². The van der Waals surface area contributed by atoms with Crippen LogP contribution in [0.25, 0.3) is 5.76 Å². The molecule has 0 radical (unpaired) electrons. The second-order valence-electron chi connectivity index (χ2n) is 7.47. The predicted molar refractivity (Wildman–Crippen MR) is 121 cm³/mol. The monoisotopic (exact) mass is 479 g/mol. The molecule has 32 heavy (non-hydrogen) atoms. The summed E-state index contributed by atoms with van der Waals surface area (Å²) in [6.07, 6.45) is -0.0634. The summed E-state index contributed by atoms with van der Waals surface area (Å²) in [4.78, 5) is 27.2. The van der Waals surface area contributed by atoms with Crippen molar-refractivity contribution in [3.8, 4) is 11.5 Å². The van der Waals surface area contributed by atoms with Gasteiger partial charge in [-0.3, -0.25) is 9.59 Å². The topological polar surface area (TPSA) is 96.3 Å². The van der Waals surface area contributed by atoms with Crippen LogP contribution in [0.1, 0.15) is 31.0 Å². The molecule has 170 valence electrons. The average Bonchev–Trinajstić information content (AvgIpc) is 3.00. The Morgan fingerprint density at radius 3 is 2.44 bits per heavy atom. The molecule has 0 aliphatic carbocycles. The Kier molecular flexibility index (Phi) is 7.33. The van der Waals surface area contributed by atoms with Gasteiger partial charge in [0.25, 0.3) is 11.7 Å².